The fourth-order valence-corrected chi connectivity index (χ4v) is 3.77. The first-order chi connectivity index (χ1) is 9.63. The Morgan fingerprint density at radius 2 is 1.85 bits per heavy atom. The van der Waals surface area contributed by atoms with Crippen LogP contribution in [-0.2, 0) is 0 Å². The second-order valence-corrected chi connectivity index (χ2v) is 7.30. The zero-order valence-corrected chi connectivity index (χ0v) is 14.0. The van der Waals surface area contributed by atoms with E-state index in [1.54, 1.807) is 0 Å². The first kappa shape index (κ1) is 13.7. The Balaban J connectivity index is 2.14. The number of thiophene rings is 1. The molecule has 3 nitrogen and oxygen atoms in total. The molecule has 3 aromatic rings. The molecule has 0 unspecified atom stereocenters. The van der Waals surface area contributed by atoms with Gasteiger partial charge in [-0.2, -0.15) is 0 Å². The Morgan fingerprint density at radius 1 is 1.10 bits per heavy atom. The van der Waals surface area contributed by atoms with Crippen LogP contribution in [0.2, 0.25) is 0 Å². The van der Waals surface area contributed by atoms with E-state index in [-0.39, 0.29) is 5.56 Å². The van der Waals surface area contributed by atoms with Crippen LogP contribution in [0.4, 0.5) is 0 Å². The van der Waals surface area contributed by atoms with E-state index >= 15 is 0 Å². The molecule has 0 amide bonds. The molecule has 0 saturated heterocycles. The number of hydrogen-bond donors (Lipinski definition) is 1. The van der Waals surface area contributed by atoms with Crippen molar-refractivity contribution in [3.8, 4) is 22.0 Å². The van der Waals surface area contributed by atoms with E-state index in [0.29, 0.717) is 11.5 Å². The summed E-state index contributed by atoms with van der Waals surface area (Å²) in [7, 11) is 0. The first-order valence-corrected chi connectivity index (χ1v) is 8.16. The second kappa shape index (κ2) is 5.63. The number of benzene rings is 1. The number of aromatic nitrogens is 2. The van der Waals surface area contributed by atoms with Crippen LogP contribution in [0.3, 0.4) is 0 Å². The number of nitrogens with zero attached hydrogens (tertiary/aromatic N) is 1. The summed E-state index contributed by atoms with van der Waals surface area (Å²) < 4.78 is 1.92. The first-order valence-electron chi connectivity index (χ1n) is 5.75. The van der Waals surface area contributed by atoms with Crippen LogP contribution in [0.25, 0.3) is 22.0 Å². The van der Waals surface area contributed by atoms with Gasteiger partial charge in [-0.1, -0.05) is 30.3 Å². The summed E-state index contributed by atoms with van der Waals surface area (Å²) in [5.41, 5.74) is 1.44. The Labute approximate surface area is 136 Å². The third kappa shape index (κ3) is 2.77. The molecule has 100 valence electrons. The topological polar surface area (TPSA) is 45.8 Å². The zero-order chi connectivity index (χ0) is 14.1. The minimum atomic E-state index is -0.158. The summed E-state index contributed by atoms with van der Waals surface area (Å²) in [5, 5.41) is 0. The van der Waals surface area contributed by atoms with Crippen molar-refractivity contribution in [3.63, 3.8) is 0 Å². The van der Waals surface area contributed by atoms with Crippen molar-refractivity contribution < 1.29 is 0 Å². The molecule has 0 atom stereocenters. The quantitative estimate of drug-likeness (QED) is 0.664. The molecule has 0 fully saturated rings. The second-order valence-electron chi connectivity index (χ2n) is 4.08. The van der Waals surface area contributed by atoms with Gasteiger partial charge in [0, 0.05) is 16.1 Å². The van der Waals surface area contributed by atoms with E-state index in [4.69, 9.17) is 0 Å². The van der Waals surface area contributed by atoms with E-state index in [1.165, 1.54) is 17.4 Å². The molecule has 0 saturated carbocycles. The molecule has 2 heterocycles. The molecule has 1 aromatic carbocycles. The van der Waals surface area contributed by atoms with Crippen LogP contribution in [0.5, 0.6) is 0 Å². The summed E-state index contributed by atoms with van der Waals surface area (Å²) in [4.78, 5) is 20.1. The molecule has 6 heteroatoms. The van der Waals surface area contributed by atoms with Gasteiger partial charge < -0.3 is 4.98 Å². The van der Waals surface area contributed by atoms with Gasteiger partial charge in [-0.25, -0.2) is 4.98 Å². The van der Waals surface area contributed by atoms with Crippen LogP contribution in [0.1, 0.15) is 0 Å². The number of H-pyrrole nitrogens is 1. The molecule has 0 spiro atoms. The Bertz CT molecular complexity index is 792. The van der Waals surface area contributed by atoms with Crippen molar-refractivity contribution in [2.75, 3.05) is 0 Å². The summed E-state index contributed by atoms with van der Waals surface area (Å²) >= 11 is 8.40. The predicted octanol–water partition coefficient (Wildman–Crippen LogP) is 4.69. The number of hydrogen-bond acceptors (Lipinski definition) is 3. The molecule has 0 bridgehead atoms. The van der Waals surface area contributed by atoms with E-state index in [9.17, 15) is 4.79 Å². The van der Waals surface area contributed by atoms with Gasteiger partial charge in [-0.15, -0.1) is 11.3 Å². The summed E-state index contributed by atoms with van der Waals surface area (Å²) in [5.74, 6) is 0.577. The maximum absolute atomic E-state index is 11.8. The average molecular weight is 412 g/mol. The highest BCUT2D eigenvalue weighted by molar-refractivity contribution is 9.13. The van der Waals surface area contributed by atoms with Crippen molar-refractivity contribution in [1.29, 1.82) is 0 Å². The van der Waals surface area contributed by atoms with Crippen LogP contribution in [-0.4, -0.2) is 9.97 Å². The molecule has 1 N–H and O–H groups in total. The lowest BCUT2D eigenvalue weighted by Crippen LogP contribution is -2.08. The molecular weight excluding hydrogens is 404 g/mol. The Kier molecular flexibility index (Phi) is 3.87. The molecule has 0 aliphatic carbocycles. The highest BCUT2D eigenvalue weighted by Gasteiger charge is 2.10. The van der Waals surface area contributed by atoms with Crippen molar-refractivity contribution in [2.45, 2.75) is 0 Å². The van der Waals surface area contributed by atoms with Crippen LogP contribution < -0.4 is 5.56 Å². The van der Waals surface area contributed by atoms with E-state index in [2.05, 4.69) is 41.8 Å². The average Bonchev–Trinajstić information content (AvgIpc) is 2.79. The fraction of sp³-hybridized carbons (Fsp3) is 0. The van der Waals surface area contributed by atoms with Crippen LogP contribution >= 0.6 is 43.2 Å². The van der Waals surface area contributed by atoms with E-state index in [1.807, 2.05) is 36.4 Å². The molecule has 0 radical (unpaired) electrons. The fourth-order valence-electron chi connectivity index (χ4n) is 1.79. The minimum absolute atomic E-state index is 0.158. The van der Waals surface area contributed by atoms with Gasteiger partial charge in [0.05, 0.1) is 14.4 Å². The molecule has 2 aromatic heterocycles. The SMILES string of the molecule is O=c1cc(-c2ccccc2)nc(-c2cc(Br)c(Br)s2)[nH]1. The van der Waals surface area contributed by atoms with Crippen molar-refractivity contribution in [2.24, 2.45) is 0 Å². The smallest absolute Gasteiger partial charge is 0.251 e. The van der Waals surface area contributed by atoms with Gasteiger partial charge in [0.1, 0.15) is 0 Å². The lowest BCUT2D eigenvalue weighted by molar-refractivity contribution is 1.14. The van der Waals surface area contributed by atoms with Crippen molar-refractivity contribution in [3.05, 3.63) is 61.1 Å². The van der Waals surface area contributed by atoms with Gasteiger partial charge in [0.2, 0.25) is 0 Å². The molecule has 0 aliphatic heterocycles. The van der Waals surface area contributed by atoms with Crippen molar-refractivity contribution in [1.82, 2.24) is 9.97 Å². The monoisotopic (exact) mass is 410 g/mol. The maximum atomic E-state index is 11.8. The van der Waals surface area contributed by atoms with Gasteiger partial charge in [0.15, 0.2) is 5.82 Å². The van der Waals surface area contributed by atoms with Gasteiger partial charge >= 0.3 is 0 Å². The number of rotatable bonds is 2. The number of aromatic amines is 1. The zero-order valence-electron chi connectivity index (χ0n) is 10.1. The summed E-state index contributed by atoms with van der Waals surface area (Å²) in [6, 6.07) is 13.1. The van der Waals surface area contributed by atoms with Gasteiger partial charge in [-0.3, -0.25) is 4.79 Å². The largest absolute Gasteiger partial charge is 0.306 e. The lowest BCUT2D eigenvalue weighted by atomic mass is 10.1. The van der Waals surface area contributed by atoms with Crippen LogP contribution in [0, 0.1) is 0 Å². The number of nitrogens with one attached hydrogen (secondary N) is 1. The molecular formula is C14H8Br2N2OS. The maximum Gasteiger partial charge on any atom is 0.251 e. The van der Waals surface area contributed by atoms with Gasteiger partial charge in [0.25, 0.3) is 5.56 Å². The van der Waals surface area contributed by atoms with Gasteiger partial charge in [-0.05, 0) is 37.9 Å². The molecule has 20 heavy (non-hydrogen) atoms. The lowest BCUT2D eigenvalue weighted by Gasteiger charge is -2.02. The standard InChI is InChI=1S/C14H8Br2N2OS/c15-9-6-11(20-13(9)16)14-17-10(7-12(19)18-14)8-4-2-1-3-5-8/h1-7H,(H,17,18,19). The molecule has 3 rings (SSSR count). The highest BCUT2D eigenvalue weighted by Crippen LogP contribution is 2.36. The number of halogens is 2. The third-order valence-electron chi connectivity index (χ3n) is 2.69. The van der Waals surface area contributed by atoms with E-state index < -0.39 is 0 Å². The minimum Gasteiger partial charge on any atom is -0.306 e. The molecule has 0 aliphatic rings. The third-order valence-corrected chi connectivity index (χ3v) is 5.95. The van der Waals surface area contributed by atoms with E-state index in [0.717, 1.165) is 18.7 Å². The normalized spacial score (nSPS) is 10.7. The summed E-state index contributed by atoms with van der Waals surface area (Å²) in [6.45, 7) is 0. The predicted molar refractivity (Wildman–Crippen MR) is 89.0 cm³/mol. The van der Waals surface area contributed by atoms with Crippen LogP contribution in [0.15, 0.2) is 55.5 Å². The highest BCUT2D eigenvalue weighted by atomic mass is 79.9. The Hall–Kier alpha value is -1.24. The summed E-state index contributed by atoms with van der Waals surface area (Å²) in [6.07, 6.45) is 0. The van der Waals surface area contributed by atoms with Crippen molar-refractivity contribution >= 4 is 43.2 Å². The Morgan fingerprint density at radius 3 is 2.50 bits per heavy atom.